The molecule has 1 unspecified atom stereocenters. The van der Waals surface area contributed by atoms with Gasteiger partial charge in [0.2, 0.25) is 0 Å². The molecule has 2 aliphatic heterocycles. The molecule has 2 fully saturated rings. The molecule has 12 heavy (non-hydrogen) atoms. The van der Waals surface area contributed by atoms with Crippen LogP contribution in [0.2, 0.25) is 0 Å². The van der Waals surface area contributed by atoms with Crippen LogP contribution in [-0.4, -0.2) is 34.6 Å². The maximum Gasteiger partial charge on any atom is 0.306 e. The summed E-state index contributed by atoms with van der Waals surface area (Å²) in [6.45, 7) is 5.96. The largest absolute Gasteiger partial charge is 1.00 e. The summed E-state index contributed by atoms with van der Waals surface area (Å²) in [6.07, 6.45) is 2.75. The van der Waals surface area contributed by atoms with Crippen LogP contribution in [0.1, 0.15) is 19.8 Å². The predicted octanol–water partition coefficient (Wildman–Crippen LogP) is -2.12. The molecule has 0 saturated carbocycles. The summed E-state index contributed by atoms with van der Waals surface area (Å²) in [5.74, 6) is 0. The Morgan fingerprint density at radius 1 is 1.42 bits per heavy atom. The van der Waals surface area contributed by atoms with Gasteiger partial charge in [0.15, 0.2) is 0 Å². The minimum atomic E-state index is 0. The monoisotopic (exact) mass is 250 g/mol. The summed E-state index contributed by atoms with van der Waals surface area (Å²) in [6, 6.07) is 0. The molecule has 0 amide bonds. The van der Waals surface area contributed by atoms with Gasteiger partial charge in [-0.3, -0.25) is 9.89 Å². The average Bonchev–Trinajstić information content (AvgIpc) is 2.55. The van der Waals surface area contributed by atoms with Crippen molar-refractivity contribution in [3.63, 3.8) is 0 Å². The number of rotatable bonds is 0. The number of hydrogen-bond acceptors (Lipinski definition) is 1. The Kier molecular flexibility index (Phi) is 3.90. The summed E-state index contributed by atoms with van der Waals surface area (Å²) >= 11 is 1.99. The van der Waals surface area contributed by atoms with Gasteiger partial charge in [-0.05, 0) is 31.5 Å². The smallest absolute Gasteiger partial charge is 0.306 e. The lowest BCUT2D eigenvalue weighted by Crippen LogP contribution is -3.00. The lowest BCUT2D eigenvalue weighted by atomic mass is 10.4. The number of nitrogens with one attached hydrogen (secondary N) is 1. The molecule has 2 rings (SSSR count). The van der Waals surface area contributed by atoms with Crippen molar-refractivity contribution in [2.75, 3.05) is 19.6 Å². The minimum Gasteiger partial charge on any atom is -1.00 e. The molecule has 0 bridgehead atoms. The van der Waals surface area contributed by atoms with Gasteiger partial charge in [0.25, 0.3) is 0 Å². The topological polar surface area (TPSA) is 15.0 Å². The van der Waals surface area contributed by atoms with Crippen molar-refractivity contribution in [3.8, 4) is 0 Å². The van der Waals surface area contributed by atoms with Gasteiger partial charge < -0.3 is 17.0 Å². The standard InChI is InChI=1S/C8H14N2S.BrH/c1-7-6-9-8(11-7)10-4-2-3-5-10;/h7H,2-6H2,1H3;1H. The average molecular weight is 251 g/mol. The highest BCUT2D eigenvalue weighted by atomic mass is 79.9. The fraction of sp³-hybridized carbons (Fsp3) is 0.875. The van der Waals surface area contributed by atoms with Gasteiger partial charge in [-0.15, -0.1) is 0 Å². The molecule has 0 spiro atoms. The van der Waals surface area contributed by atoms with Crippen LogP contribution in [0.4, 0.5) is 0 Å². The molecule has 4 heteroatoms. The van der Waals surface area contributed by atoms with Crippen molar-refractivity contribution in [2.24, 2.45) is 0 Å². The Hall–Kier alpha value is 0.300. The maximum atomic E-state index is 3.45. The fourth-order valence-electron chi connectivity index (χ4n) is 1.61. The van der Waals surface area contributed by atoms with E-state index in [4.69, 9.17) is 0 Å². The first-order valence-electron chi connectivity index (χ1n) is 4.39. The number of nitrogens with zero attached hydrogens (tertiary/aromatic N) is 1. The summed E-state index contributed by atoms with van der Waals surface area (Å²) in [7, 11) is 0. The third kappa shape index (κ3) is 2.16. The van der Waals surface area contributed by atoms with Crippen molar-refractivity contribution >= 4 is 16.9 Å². The van der Waals surface area contributed by atoms with Crippen LogP contribution in [0, 0.1) is 0 Å². The Labute approximate surface area is 88.6 Å². The van der Waals surface area contributed by atoms with E-state index in [0.717, 1.165) is 11.8 Å². The van der Waals surface area contributed by atoms with Crippen LogP contribution in [-0.2, 0) is 0 Å². The van der Waals surface area contributed by atoms with Crippen LogP contribution >= 0.6 is 11.8 Å². The van der Waals surface area contributed by atoms with Crippen LogP contribution in [0.5, 0.6) is 0 Å². The van der Waals surface area contributed by atoms with Crippen molar-refractivity contribution in [2.45, 2.75) is 25.0 Å². The van der Waals surface area contributed by atoms with E-state index in [1.165, 1.54) is 31.1 Å². The molecule has 70 valence electrons. The first-order chi connectivity index (χ1) is 5.36. The number of hydrogen-bond donors (Lipinski definition) is 1. The van der Waals surface area contributed by atoms with Gasteiger partial charge in [-0.2, -0.15) is 0 Å². The molecule has 2 heterocycles. The molecular weight excluding hydrogens is 236 g/mol. The molecule has 2 nitrogen and oxygen atoms in total. The first-order valence-corrected chi connectivity index (χ1v) is 5.26. The van der Waals surface area contributed by atoms with Gasteiger partial charge in [0, 0.05) is 0 Å². The molecule has 1 N–H and O–H groups in total. The minimum absolute atomic E-state index is 0. The maximum absolute atomic E-state index is 3.45. The predicted molar refractivity (Wildman–Crippen MR) is 49.3 cm³/mol. The SMILES string of the molecule is CC1CNC(=[N+]2CCCC2)S1.[Br-]. The van der Waals surface area contributed by atoms with E-state index in [1.54, 1.807) is 0 Å². The Morgan fingerprint density at radius 2 is 2.08 bits per heavy atom. The lowest BCUT2D eigenvalue weighted by Gasteiger charge is -1.97. The zero-order chi connectivity index (χ0) is 7.68. The van der Waals surface area contributed by atoms with Crippen LogP contribution in [0.25, 0.3) is 0 Å². The van der Waals surface area contributed by atoms with Gasteiger partial charge in [-0.25, -0.2) is 0 Å². The molecular formula is C8H15BrN2S. The zero-order valence-electron chi connectivity index (χ0n) is 7.35. The van der Waals surface area contributed by atoms with Gasteiger partial charge in [0.1, 0.15) is 0 Å². The van der Waals surface area contributed by atoms with Crippen molar-refractivity contribution in [3.05, 3.63) is 0 Å². The van der Waals surface area contributed by atoms with Crippen LogP contribution in [0.15, 0.2) is 0 Å². The Morgan fingerprint density at radius 3 is 2.58 bits per heavy atom. The van der Waals surface area contributed by atoms with E-state index < -0.39 is 0 Å². The number of halogens is 1. The highest BCUT2D eigenvalue weighted by Gasteiger charge is 2.27. The molecule has 2 saturated heterocycles. The molecule has 0 aromatic rings. The molecule has 0 aliphatic carbocycles. The van der Waals surface area contributed by atoms with Crippen molar-refractivity contribution in [1.29, 1.82) is 0 Å². The van der Waals surface area contributed by atoms with E-state index in [-0.39, 0.29) is 17.0 Å². The molecule has 1 atom stereocenters. The third-order valence-electron chi connectivity index (χ3n) is 2.25. The second kappa shape index (κ2) is 4.51. The van der Waals surface area contributed by atoms with E-state index >= 15 is 0 Å². The van der Waals surface area contributed by atoms with Crippen LogP contribution in [0.3, 0.4) is 0 Å². The second-order valence-corrected chi connectivity index (χ2v) is 4.74. The summed E-state index contributed by atoms with van der Waals surface area (Å²) in [4.78, 5) is 0. The normalized spacial score (nSPS) is 28.6. The highest BCUT2D eigenvalue weighted by molar-refractivity contribution is 8.14. The lowest BCUT2D eigenvalue weighted by molar-refractivity contribution is -0.505. The summed E-state index contributed by atoms with van der Waals surface area (Å²) in [5, 5.41) is 5.65. The molecule has 2 aliphatic rings. The summed E-state index contributed by atoms with van der Waals surface area (Å²) < 4.78 is 2.48. The van der Waals surface area contributed by atoms with Gasteiger partial charge >= 0.3 is 5.17 Å². The Balaban J connectivity index is 0.000000720. The molecule has 0 aromatic heterocycles. The number of amidine groups is 1. The van der Waals surface area contributed by atoms with E-state index in [1.807, 2.05) is 11.8 Å². The van der Waals surface area contributed by atoms with Crippen LogP contribution < -0.4 is 22.3 Å². The van der Waals surface area contributed by atoms with Gasteiger partial charge in [0.05, 0.1) is 24.9 Å². The molecule has 0 aromatic carbocycles. The highest BCUT2D eigenvalue weighted by Crippen LogP contribution is 2.18. The quantitative estimate of drug-likeness (QED) is 0.495. The summed E-state index contributed by atoms with van der Waals surface area (Å²) in [5.41, 5.74) is 0. The second-order valence-electron chi connectivity index (χ2n) is 3.31. The zero-order valence-corrected chi connectivity index (χ0v) is 9.75. The van der Waals surface area contributed by atoms with Crippen molar-refractivity contribution in [1.82, 2.24) is 5.32 Å². The number of thioether (sulfide) groups is 1. The van der Waals surface area contributed by atoms with E-state index in [9.17, 15) is 0 Å². The Bertz CT molecular complexity index is 185. The third-order valence-corrected chi connectivity index (χ3v) is 3.44. The van der Waals surface area contributed by atoms with E-state index in [0.29, 0.717) is 0 Å². The first kappa shape index (κ1) is 10.4. The fourth-order valence-corrected chi connectivity index (χ4v) is 2.66. The molecule has 0 radical (unpaired) electrons. The van der Waals surface area contributed by atoms with Crippen molar-refractivity contribution < 1.29 is 21.6 Å². The van der Waals surface area contributed by atoms with Gasteiger partial charge in [-0.1, -0.05) is 0 Å². The van der Waals surface area contributed by atoms with E-state index in [2.05, 4.69) is 16.8 Å².